The Hall–Kier alpha value is -1.32. The first kappa shape index (κ1) is 15.7. The van der Waals surface area contributed by atoms with Gasteiger partial charge in [0.2, 0.25) is 20.0 Å². The fourth-order valence-electron chi connectivity index (χ4n) is 1.49. The average Bonchev–Trinajstić information content (AvgIpc) is 2.18. The van der Waals surface area contributed by atoms with Crippen molar-refractivity contribution in [2.45, 2.75) is 6.42 Å². The van der Waals surface area contributed by atoms with Crippen molar-refractivity contribution < 1.29 is 16.8 Å². The number of hydrogen-bond donors (Lipinski definition) is 3. The van der Waals surface area contributed by atoms with Crippen molar-refractivity contribution in [2.24, 2.45) is 5.73 Å². The van der Waals surface area contributed by atoms with Crippen molar-refractivity contribution in [3.05, 3.63) is 23.8 Å². The van der Waals surface area contributed by atoms with Crippen LogP contribution in [-0.4, -0.2) is 35.9 Å². The summed E-state index contributed by atoms with van der Waals surface area (Å²) in [6, 6.07) is 4.74. The first-order chi connectivity index (χ1) is 8.61. The van der Waals surface area contributed by atoms with E-state index in [0.717, 1.165) is 18.1 Å². The lowest BCUT2D eigenvalue weighted by atomic mass is 10.1. The lowest BCUT2D eigenvalue weighted by Gasteiger charge is -2.13. The van der Waals surface area contributed by atoms with Gasteiger partial charge in [0.25, 0.3) is 0 Å². The molecule has 0 aromatic heterocycles. The van der Waals surface area contributed by atoms with E-state index in [1.807, 2.05) is 0 Å². The molecule has 0 unspecified atom stereocenters. The van der Waals surface area contributed by atoms with E-state index < -0.39 is 20.0 Å². The Morgan fingerprint density at radius 1 is 1.00 bits per heavy atom. The topological polar surface area (TPSA) is 118 Å². The van der Waals surface area contributed by atoms with Crippen molar-refractivity contribution >= 4 is 31.4 Å². The minimum absolute atomic E-state index is 0.175. The monoisotopic (exact) mass is 307 g/mol. The number of sulfonamides is 2. The van der Waals surface area contributed by atoms with E-state index in [9.17, 15) is 16.8 Å². The van der Waals surface area contributed by atoms with E-state index in [-0.39, 0.29) is 11.4 Å². The van der Waals surface area contributed by atoms with Crippen LogP contribution in [0.3, 0.4) is 0 Å². The fraction of sp³-hybridized carbons (Fsp3) is 0.400. The molecule has 0 saturated carbocycles. The quantitative estimate of drug-likeness (QED) is 0.680. The maximum atomic E-state index is 11.3. The van der Waals surface area contributed by atoms with Crippen LogP contribution in [-0.2, 0) is 26.5 Å². The van der Waals surface area contributed by atoms with E-state index in [1.165, 1.54) is 6.07 Å². The lowest BCUT2D eigenvalue weighted by Crippen LogP contribution is -2.15. The second-order valence-electron chi connectivity index (χ2n) is 4.17. The van der Waals surface area contributed by atoms with Crippen LogP contribution >= 0.6 is 0 Å². The van der Waals surface area contributed by atoms with Gasteiger partial charge in [0.15, 0.2) is 0 Å². The molecule has 19 heavy (non-hydrogen) atoms. The molecular formula is C10H17N3O4S2. The highest BCUT2D eigenvalue weighted by atomic mass is 32.2. The van der Waals surface area contributed by atoms with Crippen LogP contribution in [0, 0.1) is 0 Å². The van der Waals surface area contributed by atoms with Crippen molar-refractivity contribution in [3.63, 3.8) is 0 Å². The summed E-state index contributed by atoms with van der Waals surface area (Å²) in [5.41, 5.74) is 6.59. The van der Waals surface area contributed by atoms with Gasteiger partial charge >= 0.3 is 0 Å². The van der Waals surface area contributed by atoms with Gasteiger partial charge in [-0.1, -0.05) is 6.07 Å². The molecule has 0 bridgehead atoms. The van der Waals surface area contributed by atoms with Gasteiger partial charge in [0.1, 0.15) is 0 Å². The van der Waals surface area contributed by atoms with E-state index in [2.05, 4.69) is 9.44 Å². The zero-order valence-corrected chi connectivity index (χ0v) is 12.3. The molecule has 0 fully saturated rings. The van der Waals surface area contributed by atoms with Gasteiger partial charge in [-0.25, -0.2) is 16.8 Å². The maximum Gasteiger partial charge on any atom is 0.229 e. The Bertz CT molecular complexity index is 653. The van der Waals surface area contributed by atoms with Gasteiger partial charge in [-0.2, -0.15) is 0 Å². The van der Waals surface area contributed by atoms with Crippen LogP contribution in [0.15, 0.2) is 18.2 Å². The molecule has 0 radical (unpaired) electrons. The minimum atomic E-state index is -3.50. The summed E-state index contributed by atoms with van der Waals surface area (Å²) in [5, 5.41) is 0. The molecule has 1 aromatic carbocycles. The summed E-state index contributed by atoms with van der Waals surface area (Å²) < 4.78 is 49.5. The third-order valence-corrected chi connectivity index (χ3v) is 3.29. The number of anilines is 2. The predicted molar refractivity (Wildman–Crippen MR) is 76.1 cm³/mol. The van der Waals surface area contributed by atoms with Crippen LogP contribution in [0.2, 0.25) is 0 Å². The first-order valence-corrected chi connectivity index (χ1v) is 9.17. The van der Waals surface area contributed by atoms with Gasteiger partial charge in [-0.15, -0.1) is 0 Å². The number of benzene rings is 1. The molecule has 0 heterocycles. The number of nitrogens with two attached hydrogens (primary N) is 1. The maximum absolute atomic E-state index is 11.3. The average molecular weight is 307 g/mol. The Morgan fingerprint density at radius 3 is 2.00 bits per heavy atom. The summed E-state index contributed by atoms with van der Waals surface area (Å²) >= 11 is 0. The predicted octanol–water partition coefficient (Wildman–Crippen LogP) is -0.0692. The molecule has 0 aliphatic carbocycles. The van der Waals surface area contributed by atoms with Crippen LogP contribution in [0.4, 0.5) is 11.4 Å². The molecule has 108 valence electrons. The first-order valence-electron chi connectivity index (χ1n) is 5.39. The fourth-order valence-corrected chi connectivity index (χ4v) is 2.63. The van der Waals surface area contributed by atoms with Gasteiger partial charge in [0, 0.05) is 0 Å². The molecule has 7 nitrogen and oxygen atoms in total. The van der Waals surface area contributed by atoms with Gasteiger partial charge in [-0.05, 0) is 30.7 Å². The molecule has 1 aromatic rings. The van der Waals surface area contributed by atoms with E-state index >= 15 is 0 Å². The van der Waals surface area contributed by atoms with E-state index in [1.54, 1.807) is 12.1 Å². The standard InChI is InChI=1S/C10H17N3O4S2/c1-18(14,15)12-9-4-3-8(5-6-11)7-10(9)13-19(2,16)17/h3-4,7,12-13H,5-6,11H2,1-2H3. The lowest BCUT2D eigenvalue weighted by molar-refractivity contribution is 0.604. The minimum Gasteiger partial charge on any atom is -0.330 e. The molecule has 1 rings (SSSR count). The van der Waals surface area contributed by atoms with Gasteiger partial charge in [-0.3, -0.25) is 9.44 Å². The summed E-state index contributed by atoms with van der Waals surface area (Å²) in [7, 11) is -6.99. The normalized spacial score (nSPS) is 12.2. The third kappa shape index (κ3) is 5.90. The zero-order chi connectivity index (χ0) is 14.7. The molecule has 0 amide bonds. The molecule has 0 aliphatic heterocycles. The number of rotatable bonds is 6. The van der Waals surface area contributed by atoms with E-state index in [4.69, 9.17) is 5.73 Å². The van der Waals surface area contributed by atoms with Crippen LogP contribution in [0.5, 0.6) is 0 Å². The molecule has 0 atom stereocenters. The zero-order valence-electron chi connectivity index (χ0n) is 10.7. The highest BCUT2D eigenvalue weighted by Gasteiger charge is 2.11. The van der Waals surface area contributed by atoms with Crippen molar-refractivity contribution in [2.75, 3.05) is 28.5 Å². The van der Waals surface area contributed by atoms with Crippen molar-refractivity contribution in [3.8, 4) is 0 Å². The number of hydrogen-bond acceptors (Lipinski definition) is 5. The molecule has 0 saturated heterocycles. The van der Waals surface area contributed by atoms with Crippen LogP contribution < -0.4 is 15.2 Å². The number of nitrogens with one attached hydrogen (secondary N) is 2. The summed E-state index contributed by atoms with van der Waals surface area (Å²) in [5.74, 6) is 0. The Labute approximate surface area is 113 Å². The molecule has 0 spiro atoms. The second-order valence-corrected chi connectivity index (χ2v) is 7.66. The van der Waals surface area contributed by atoms with Gasteiger partial charge < -0.3 is 5.73 Å². The smallest absolute Gasteiger partial charge is 0.229 e. The second kappa shape index (κ2) is 5.76. The van der Waals surface area contributed by atoms with Crippen molar-refractivity contribution in [1.29, 1.82) is 0 Å². The van der Waals surface area contributed by atoms with Gasteiger partial charge in [0.05, 0.1) is 23.9 Å². The molecule has 4 N–H and O–H groups in total. The SMILES string of the molecule is CS(=O)(=O)Nc1ccc(CCN)cc1NS(C)(=O)=O. The molecule has 9 heteroatoms. The summed E-state index contributed by atoms with van der Waals surface area (Å²) in [6.45, 7) is 0.414. The van der Waals surface area contributed by atoms with Crippen molar-refractivity contribution in [1.82, 2.24) is 0 Å². The largest absolute Gasteiger partial charge is 0.330 e. The van der Waals surface area contributed by atoms with E-state index in [0.29, 0.717) is 13.0 Å². The highest BCUT2D eigenvalue weighted by Crippen LogP contribution is 2.25. The highest BCUT2D eigenvalue weighted by molar-refractivity contribution is 7.92. The summed E-state index contributed by atoms with van der Waals surface area (Å²) in [4.78, 5) is 0. The molecule has 0 aliphatic rings. The van der Waals surface area contributed by atoms with Crippen LogP contribution in [0.25, 0.3) is 0 Å². The Kier molecular flexibility index (Phi) is 4.77. The Morgan fingerprint density at radius 2 is 1.53 bits per heavy atom. The Balaban J connectivity index is 3.22. The third-order valence-electron chi connectivity index (χ3n) is 2.11. The summed E-state index contributed by atoms with van der Waals surface area (Å²) in [6.07, 6.45) is 2.55. The van der Waals surface area contributed by atoms with Crippen LogP contribution in [0.1, 0.15) is 5.56 Å². The molecular weight excluding hydrogens is 290 g/mol.